The van der Waals surface area contributed by atoms with Crippen LogP contribution in [0.5, 0.6) is 11.5 Å². The first-order valence-corrected chi connectivity index (χ1v) is 9.44. The summed E-state index contributed by atoms with van der Waals surface area (Å²) >= 11 is 5.87. The van der Waals surface area contributed by atoms with Gasteiger partial charge in [0.1, 0.15) is 11.5 Å². The van der Waals surface area contributed by atoms with E-state index in [1.807, 2.05) is 49.4 Å². The van der Waals surface area contributed by atoms with Crippen LogP contribution in [0.3, 0.4) is 0 Å². The average Bonchev–Trinajstić information content (AvgIpc) is 2.73. The van der Waals surface area contributed by atoms with Crippen LogP contribution >= 0.6 is 11.6 Å². The van der Waals surface area contributed by atoms with E-state index in [4.69, 9.17) is 21.1 Å². The highest BCUT2D eigenvalue weighted by Gasteiger charge is 2.14. The zero-order valence-corrected chi connectivity index (χ0v) is 16.6. The number of amides is 1. The molecule has 1 amide bonds. The number of hydrogen-bond donors (Lipinski definition) is 1. The van der Waals surface area contributed by atoms with Crippen molar-refractivity contribution >= 4 is 23.5 Å². The zero-order valence-electron chi connectivity index (χ0n) is 15.8. The third-order valence-electron chi connectivity index (χ3n) is 4.13. The standard InChI is InChI=1S/C23H20ClNO4/c1-16(17-10-12-19(24)13-11-17)25-22(26)15-28-23(27)18-6-5-9-21(14-18)29-20-7-3-2-4-8-20/h2-14,16H,15H2,1H3,(H,25,26)/t16-/m1/s1. The van der Waals surface area contributed by atoms with Gasteiger partial charge >= 0.3 is 5.97 Å². The fourth-order valence-electron chi connectivity index (χ4n) is 2.64. The van der Waals surface area contributed by atoms with Gasteiger partial charge in [0.05, 0.1) is 11.6 Å². The third kappa shape index (κ3) is 6.09. The Bertz CT molecular complexity index is 974. The predicted molar refractivity (Wildman–Crippen MR) is 111 cm³/mol. The molecule has 0 saturated heterocycles. The Balaban J connectivity index is 1.53. The van der Waals surface area contributed by atoms with Crippen LogP contribution in [0.1, 0.15) is 28.9 Å². The molecule has 3 aromatic carbocycles. The molecule has 0 aliphatic carbocycles. The molecule has 0 unspecified atom stereocenters. The fraction of sp³-hybridized carbons (Fsp3) is 0.130. The van der Waals surface area contributed by atoms with Crippen molar-refractivity contribution < 1.29 is 19.1 Å². The molecule has 1 atom stereocenters. The fourth-order valence-corrected chi connectivity index (χ4v) is 2.77. The van der Waals surface area contributed by atoms with Crippen molar-refractivity contribution in [3.8, 4) is 11.5 Å². The number of para-hydroxylation sites is 1. The van der Waals surface area contributed by atoms with Crippen molar-refractivity contribution in [3.63, 3.8) is 0 Å². The summed E-state index contributed by atoms with van der Waals surface area (Å²) in [4.78, 5) is 24.4. The Morgan fingerprint density at radius 3 is 2.34 bits per heavy atom. The molecular weight excluding hydrogens is 390 g/mol. The normalized spacial score (nSPS) is 11.4. The molecule has 0 aliphatic rings. The van der Waals surface area contributed by atoms with Crippen molar-refractivity contribution in [1.29, 1.82) is 0 Å². The molecular formula is C23H20ClNO4. The number of nitrogens with one attached hydrogen (secondary N) is 1. The van der Waals surface area contributed by atoms with Crippen LogP contribution in [0.25, 0.3) is 0 Å². The summed E-state index contributed by atoms with van der Waals surface area (Å²) in [6, 6.07) is 22.8. The monoisotopic (exact) mass is 409 g/mol. The summed E-state index contributed by atoms with van der Waals surface area (Å²) in [7, 11) is 0. The van der Waals surface area contributed by atoms with E-state index in [1.165, 1.54) is 0 Å². The number of esters is 1. The molecule has 0 aliphatic heterocycles. The predicted octanol–water partition coefficient (Wildman–Crippen LogP) is 5.17. The van der Waals surface area contributed by atoms with Gasteiger partial charge < -0.3 is 14.8 Å². The Morgan fingerprint density at radius 2 is 1.62 bits per heavy atom. The molecule has 1 N–H and O–H groups in total. The molecule has 0 saturated carbocycles. The summed E-state index contributed by atoms with van der Waals surface area (Å²) < 4.78 is 10.8. The molecule has 5 nitrogen and oxygen atoms in total. The van der Waals surface area contributed by atoms with Crippen LogP contribution in [0.2, 0.25) is 5.02 Å². The second-order valence-corrected chi connectivity index (χ2v) is 6.80. The van der Waals surface area contributed by atoms with Gasteiger partial charge in [-0.15, -0.1) is 0 Å². The molecule has 148 valence electrons. The van der Waals surface area contributed by atoms with Crippen LogP contribution in [-0.2, 0) is 9.53 Å². The van der Waals surface area contributed by atoms with E-state index in [0.717, 1.165) is 5.56 Å². The maximum Gasteiger partial charge on any atom is 0.338 e. The number of carbonyl (C=O) groups excluding carboxylic acids is 2. The van der Waals surface area contributed by atoms with Gasteiger partial charge in [-0.3, -0.25) is 4.79 Å². The number of ether oxygens (including phenoxy) is 2. The minimum Gasteiger partial charge on any atom is -0.457 e. The number of benzene rings is 3. The smallest absolute Gasteiger partial charge is 0.338 e. The summed E-state index contributed by atoms with van der Waals surface area (Å²) in [5, 5.41) is 3.41. The minimum absolute atomic E-state index is 0.235. The summed E-state index contributed by atoms with van der Waals surface area (Å²) in [5.74, 6) is 0.176. The zero-order chi connectivity index (χ0) is 20.6. The maximum atomic E-state index is 12.3. The van der Waals surface area contributed by atoms with Crippen molar-refractivity contribution in [2.45, 2.75) is 13.0 Å². The summed E-state index contributed by atoms with van der Waals surface area (Å²) in [6.07, 6.45) is 0. The van der Waals surface area contributed by atoms with Crippen LogP contribution in [0.15, 0.2) is 78.9 Å². The van der Waals surface area contributed by atoms with Crippen LogP contribution in [0, 0.1) is 0 Å². The minimum atomic E-state index is -0.599. The molecule has 3 aromatic rings. The highest BCUT2D eigenvalue weighted by atomic mass is 35.5. The van der Waals surface area contributed by atoms with E-state index < -0.39 is 11.9 Å². The van der Waals surface area contributed by atoms with Crippen molar-refractivity contribution in [3.05, 3.63) is 95.0 Å². The van der Waals surface area contributed by atoms with Gasteiger partial charge in [0.2, 0.25) is 0 Å². The Labute approximate surface area is 174 Å². The van der Waals surface area contributed by atoms with Crippen molar-refractivity contribution in [2.75, 3.05) is 6.61 Å². The van der Waals surface area contributed by atoms with Gasteiger partial charge in [0.25, 0.3) is 5.91 Å². The summed E-state index contributed by atoms with van der Waals surface area (Å²) in [5.41, 5.74) is 1.21. The van der Waals surface area contributed by atoms with Gasteiger partial charge in [0, 0.05) is 5.02 Å². The quantitative estimate of drug-likeness (QED) is 0.547. The summed E-state index contributed by atoms with van der Waals surface area (Å²) in [6.45, 7) is 1.47. The topological polar surface area (TPSA) is 64.6 Å². The number of hydrogen-bond acceptors (Lipinski definition) is 4. The number of carbonyl (C=O) groups is 2. The highest BCUT2D eigenvalue weighted by Crippen LogP contribution is 2.22. The second kappa shape index (κ2) is 9.75. The van der Waals surface area contributed by atoms with Gasteiger partial charge in [0.15, 0.2) is 6.61 Å². The van der Waals surface area contributed by atoms with E-state index >= 15 is 0 Å². The van der Waals surface area contributed by atoms with Gasteiger partial charge in [-0.25, -0.2) is 4.79 Å². The largest absolute Gasteiger partial charge is 0.457 e. The van der Waals surface area contributed by atoms with E-state index in [1.54, 1.807) is 36.4 Å². The lowest BCUT2D eigenvalue weighted by Crippen LogP contribution is -2.31. The number of rotatable bonds is 7. The van der Waals surface area contributed by atoms with E-state index in [2.05, 4.69) is 5.32 Å². The molecule has 0 heterocycles. The lowest BCUT2D eigenvalue weighted by atomic mass is 10.1. The molecule has 0 radical (unpaired) electrons. The molecule has 0 aromatic heterocycles. The first-order valence-electron chi connectivity index (χ1n) is 9.06. The SMILES string of the molecule is C[C@@H](NC(=O)COC(=O)c1cccc(Oc2ccccc2)c1)c1ccc(Cl)cc1. The van der Waals surface area contributed by atoms with Gasteiger partial charge in [-0.2, -0.15) is 0 Å². The van der Waals surface area contributed by atoms with E-state index in [0.29, 0.717) is 22.1 Å². The Hall–Kier alpha value is -3.31. The van der Waals surface area contributed by atoms with Crippen LogP contribution < -0.4 is 10.1 Å². The lowest BCUT2D eigenvalue weighted by molar-refractivity contribution is -0.124. The molecule has 29 heavy (non-hydrogen) atoms. The van der Waals surface area contributed by atoms with Crippen LogP contribution in [-0.4, -0.2) is 18.5 Å². The molecule has 0 bridgehead atoms. The highest BCUT2D eigenvalue weighted by molar-refractivity contribution is 6.30. The molecule has 6 heteroatoms. The first kappa shape index (κ1) is 20.4. The molecule has 3 rings (SSSR count). The average molecular weight is 410 g/mol. The third-order valence-corrected chi connectivity index (χ3v) is 4.38. The number of halogens is 1. The maximum absolute atomic E-state index is 12.3. The second-order valence-electron chi connectivity index (χ2n) is 6.36. The molecule has 0 spiro atoms. The van der Waals surface area contributed by atoms with Crippen molar-refractivity contribution in [2.24, 2.45) is 0 Å². The van der Waals surface area contributed by atoms with E-state index in [-0.39, 0.29) is 12.6 Å². The van der Waals surface area contributed by atoms with Crippen LogP contribution in [0.4, 0.5) is 0 Å². The Kier molecular flexibility index (Phi) is 6.87. The van der Waals surface area contributed by atoms with Gasteiger partial charge in [-0.1, -0.05) is 48.0 Å². The lowest BCUT2D eigenvalue weighted by Gasteiger charge is -2.14. The molecule has 0 fully saturated rings. The van der Waals surface area contributed by atoms with Crippen molar-refractivity contribution in [1.82, 2.24) is 5.32 Å². The first-order chi connectivity index (χ1) is 14.0. The van der Waals surface area contributed by atoms with Gasteiger partial charge in [-0.05, 0) is 55.0 Å². The Morgan fingerprint density at radius 1 is 0.931 bits per heavy atom. The van der Waals surface area contributed by atoms with E-state index in [9.17, 15) is 9.59 Å².